The Morgan fingerprint density at radius 2 is 2.04 bits per heavy atom. The third-order valence-electron chi connectivity index (χ3n) is 5.43. The lowest BCUT2D eigenvalue weighted by molar-refractivity contribution is -0.142. The van der Waals surface area contributed by atoms with Crippen LogP contribution in [-0.2, 0) is 15.6 Å². The smallest absolute Gasteiger partial charge is 0.228 e. The van der Waals surface area contributed by atoms with E-state index in [4.69, 9.17) is 8.95 Å². The molecule has 0 unspecified atom stereocenters. The number of carbonyl (C=O) groups excluding carboxylic acids is 1. The molecule has 130 valence electrons. The Morgan fingerprint density at radius 3 is 2.52 bits per heavy atom. The summed E-state index contributed by atoms with van der Waals surface area (Å²) < 4.78 is 11.3. The number of aromatic nitrogens is 1. The zero-order chi connectivity index (χ0) is 17.4. The molecule has 2 rings (SSSR count). The van der Waals surface area contributed by atoms with Gasteiger partial charge in [-0.3, -0.25) is 4.79 Å². The molecule has 1 fully saturated rings. The summed E-state index contributed by atoms with van der Waals surface area (Å²) in [4.78, 5) is 12.1. The fourth-order valence-electron chi connectivity index (χ4n) is 2.93. The standard InChI is InChI=1S/C17H30N2O3Si/c1-11(10-13-8-9-21-19-13)15-14(16(20)18-15)12(2)22-23(6,7)17(3,4)5/h8-9,11-12,14-15H,10H2,1-7H3,(H,18,20)/t11-,12-,14-,15-/m1/s1. The highest BCUT2D eigenvalue weighted by atomic mass is 28.4. The van der Waals surface area contributed by atoms with Crippen LogP contribution in [0.3, 0.4) is 0 Å². The summed E-state index contributed by atoms with van der Waals surface area (Å²) in [7, 11) is -1.88. The Kier molecular flexibility index (Phi) is 5.06. The number of β-lactam (4-membered cyclic amide) rings is 1. The van der Waals surface area contributed by atoms with E-state index < -0.39 is 8.32 Å². The van der Waals surface area contributed by atoms with Crippen molar-refractivity contribution in [2.45, 2.75) is 71.3 Å². The van der Waals surface area contributed by atoms with E-state index in [1.165, 1.54) is 0 Å². The van der Waals surface area contributed by atoms with Gasteiger partial charge in [-0.05, 0) is 37.4 Å². The Bertz CT molecular complexity index is 537. The molecule has 1 aromatic heterocycles. The maximum absolute atomic E-state index is 12.1. The number of nitrogens with zero attached hydrogens (tertiary/aromatic N) is 1. The van der Waals surface area contributed by atoms with Gasteiger partial charge in [0.25, 0.3) is 0 Å². The molecule has 23 heavy (non-hydrogen) atoms. The minimum absolute atomic E-state index is 0.0607. The van der Waals surface area contributed by atoms with Crippen molar-refractivity contribution in [2.24, 2.45) is 11.8 Å². The summed E-state index contributed by atoms with van der Waals surface area (Å²) in [5.41, 5.74) is 0.926. The van der Waals surface area contributed by atoms with Gasteiger partial charge in [0.05, 0.1) is 17.7 Å². The maximum atomic E-state index is 12.1. The largest absolute Gasteiger partial charge is 0.413 e. The molecule has 2 heterocycles. The molecule has 1 amide bonds. The molecule has 0 aromatic carbocycles. The van der Waals surface area contributed by atoms with Gasteiger partial charge in [0, 0.05) is 12.1 Å². The van der Waals surface area contributed by atoms with E-state index in [1.54, 1.807) is 6.26 Å². The maximum Gasteiger partial charge on any atom is 0.228 e. The zero-order valence-electron chi connectivity index (χ0n) is 15.3. The van der Waals surface area contributed by atoms with Gasteiger partial charge in [-0.25, -0.2) is 0 Å². The van der Waals surface area contributed by atoms with Gasteiger partial charge in [-0.15, -0.1) is 0 Å². The number of rotatable bonds is 6. The molecule has 1 aliphatic rings. The Hall–Kier alpha value is -1.14. The predicted octanol–water partition coefficient (Wildman–Crippen LogP) is 3.38. The second kappa shape index (κ2) is 6.40. The molecule has 1 aromatic rings. The van der Waals surface area contributed by atoms with Crippen LogP contribution in [0.4, 0.5) is 0 Å². The lowest BCUT2D eigenvalue weighted by Gasteiger charge is -2.47. The molecule has 0 bridgehead atoms. The van der Waals surface area contributed by atoms with Gasteiger partial charge < -0.3 is 14.3 Å². The van der Waals surface area contributed by atoms with Crippen LogP contribution in [0.1, 0.15) is 40.3 Å². The monoisotopic (exact) mass is 338 g/mol. The van der Waals surface area contributed by atoms with Crippen LogP contribution in [0.5, 0.6) is 0 Å². The van der Waals surface area contributed by atoms with Crippen molar-refractivity contribution >= 4 is 14.2 Å². The van der Waals surface area contributed by atoms with Crippen LogP contribution in [0, 0.1) is 11.8 Å². The number of hydrogen-bond donors (Lipinski definition) is 1. The van der Waals surface area contributed by atoms with Gasteiger partial charge in [0.1, 0.15) is 6.26 Å². The van der Waals surface area contributed by atoms with Crippen LogP contribution < -0.4 is 5.32 Å². The van der Waals surface area contributed by atoms with Crippen molar-refractivity contribution in [2.75, 3.05) is 0 Å². The minimum Gasteiger partial charge on any atom is -0.413 e. The predicted molar refractivity (Wildman–Crippen MR) is 92.5 cm³/mol. The minimum atomic E-state index is -1.88. The number of carbonyl (C=O) groups is 1. The third-order valence-corrected chi connectivity index (χ3v) is 10.00. The molecule has 0 aliphatic carbocycles. The summed E-state index contributed by atoms with van der Waals surface area (Å²) >= 11 is 0. The topological polar surface area (TPSA) is 64.4 Å². The van der Waals surface area contributed by atoms with Crippen LogP contribution in [-0.4, -0.2) is 31.5 Å². The molecule has 0 radical (unpaired) electrons. The molecule has 0 spiro atoms. The second-order valence-corrected chi connectivity index (χ2v) is 13.1. The molecular formula is C17H30N2O3Si. The quantitative estimate of drug-likeness (QED) is 0.638. The van der Waals surface area contributed by atoms with E-state index >= 15 is 0 Å². The van der Waals surface area contributed by atoms with Crippen LogP contribution >= 0.6 is 0 Å². The van der Waals surface area contributed by atoms with Crippen molar-refractivity contribution in [3.8, 4) is 0 Å². The lowest BCUT2D eigenvalue weighted by atomic mass is 9.77. The van der Waals surface area contributed by atoms with Crippen molar-refractivity contribution < 1.29 is 13.7 Å². The zero-order valence-corrected chi connectivity index (χ0v) is 16.3. The number of hydrogen-bond acceptors (Lipinski definition) is 4. The molecule has 4 atom stereocenters. The summed E-state index contributed by atoms with van der Waals surface area (Å²) in [5.74, 6) is 0.326. The average Bonchev–Trinajstić information content (AvgIpc) is 2.86. The van der Waals surface area contributed by atoms with E-state index in [2.05, 4.69) is 51.3 Å². The van der Waals surface area contributed by atoms with Crippen LogP contribution in [0.2, 0.25) is 18.1 Å². The first-order valence-electron chi connectivity index (χ1n) is 8.40. The fourth-order valence-corrected chi connectivity index (χ4v) is 4.36. The number of amides is 1. The first-order chi connectivity index (χ1) is 10.5. The first-order valence-corrected chi connectivity index (χ1v) is 11.3. The summed E-state index contributed by atoms with van der Waals surface area (Å²) in [6, 6.07) is 2.01. The van der Waals surface area contributed by atoms with Gasteiger partial charge in [-0.1, -0.05) is 32.9 Å². The van der Waals surface area contributed by atoms with Crippen LogP contribution in [0.25, 0.3) is 0 Å². The van der Waals surface area contributed by atoms with Gasteiger partial charge in [0.15, 0.2) is 8.32 Å². The normalized spacial score (nSPS) is 24.7. The summed E-state index contributed by atoms with van der Waals surface area (Å²) in [6.45, 7) is 15.3. The molecule has 1 aliphatic heterocycles. The molecule has 1 saturated heterocycles. The van der Waals surface area contributed by atoms with Crippen molar-refractivity contribution in [1.82, 2.24) is 10.5 Å². The Morgan fingerprint density at radius 1 is 1.39 bits per heavy atom. The second-order valence-electron chi connectivity index (χ2n) is 8.32. The number of nitrogens with one attached hydrogen (secondary N) is 1. The third kappa shape index (κ3) is 3.86. The van der Waals surface area contributed by atoms with E-state index in [0.29, 0.717) is 5.92 Å². The highest BCUT2D eigenvalue weighted by Gasteiger charge is 2.49. The highest BCUT2D eigenvalue weighted by molar-refractivity contribution is 6.74. The first kappa shape index (κ1) is 18.2. The van der Waals surface area contributed by atoms with Crippen molar-refractivity contribution in [1.29, 1.82) is 0 Å². The molecular weight excluding hydrogens is 308 g/mol. The molecule has 0 saturated carbocycles. The van der Waals surface area contributed by atoms with Crippen molar-refractivity contribution in [3.63, 3.8) is 0 Å². The molecule has 5 nitrogen and oxygen atoms in total. The Labute approximate surface area is 140 Å². The highest BCUT2D eigenvalue weighted by Crippen LogP contribution is 2.39. The van der Waals surface area contributed by atoms with Crippen LogP contribution in [0.15, 0.2) is 16.9 Å². The lowest BCUT2D eigenvalue weighted by Crippen LogP contribution is -2.66. The summed E-state index contributed by atoms with van der Waals surface area (Å²) in [5, 5.41) is 7.16. The van der Waals surface area contributed by atoms with E-state index in [1.807, 2.05) is 13.0 Å². The molecule has 6 heteroatoms. The SMILES string of the molecule is C[C@H](Cc1ccon1)[C@H]1NC(=O)[C@@H]1[C@@H](C)O[Si](C)(C)C(C)(C)C. The Balaban J connectivity index is 2.01. The summed E-state index contributed by atoms with van der Waals surface area (Å²) in [6.07, 6.45) is 2.32. The van der Waals surface area contributed by atoms with Gasteiger partial charge >= 0.3 is 0 Å². The molecule has 1 N–H and O–H groups in total. The fraction of sp³-hybridized carbons (Fsp3) is 0.765. The van der Waals surface area contributed by atoms with E-state index in [-0.39, 0.29) is 29.0 Å². The average molecular weight is 339 g/mol. The van der Waals surface area contributed by atoms with Gasteiger partial charge in [-0.2, -0.15) is 0 Å². The van der Waals surface area contributed by atoms with E-state index in [9.17, 15) is 4.79 Å². The van der Waals surface area contributed by atoms with E-state index in [0.717, 1.165) is 12.1 Å². The van der Waals surface area contributed by atoms with Gasteiger partial charge in [0.2, 0.25) is 5.91 Å². The van der Waals surface area contributed by atoms with Crippen molar-refractivity contribution in [3.05, 3.63) is 18.0 Å².